The van der Waals surface area contributed by atoms with E-state index in [-0.39, 0.29) is 0 Å². The monoisotopic (exact) mass is 846 g/mol. The predicted molar refractivity (Wildman–Crippen MR) is 271 cm³/mol. The normalized spacial score (nSPS) is 15.3. The van der Waals surface area contributed by atoms with Crippen LogP contribution in [0.3, 0.4) is 0 Å². The average molecular weight is 847 g/mol. The Morgan fingerprint density at radius 1 is 0.545 bits per heavy atom. The lowest BCUT2D eigenvalue weighted by atomic mass is 9.67. The third kappa shape index (κ3) is 6.06. The molecule has 9 aromatic rings. The fourth-order valence-electron chi connectivity index (χ4n) is 11.5. The van der Waals surface area contributed by atoms with Crippen molar-refractivity contribution in [3.05, 3.63) is 262 Å². The topological polar surface area (TPSA) is 19.1 Å². The number of rotatable bonds is 8. The Kier molecular flexibility index (Phi) is 9.07. The fourth-order valence-corrected chi connectivity index (χ4v) is 11.5. The number of ether oxygens (including phenoxy) is 1. The maximum absolute atomic E-state index is 6.57. The van der Waals surface area contributed by atoms with E-state index in [1.807, 2.05) is 6.07 Å². The smallest absolute Gasteiger partial charge is 0.127 e. The Hall–Kier alpha value is -8.06. The van der Waals surface area contributed by atoms with Crippen LogP contribution in [0.4, 0.5) is 0 Å². The number of aromatic nitrogens is 2. The first-order valence-corrected chi connectivity index (χ1v) is 23.4. The van der Waals surface area contributed by atoms with Crippen molar-refractivity contribution in [3.8, 4) is 34.0 Å². The van der Waals surface area contributed by atoms with Crippen LogP contribution in [0.1, 0.15) is 64.0 Å². The van der Waals surface area contributed by atoms with Crippen molar-refractivity contribution in [2.24, 2.45) is 0 Å². The molecule has 0 N–H and O–H groups in total. The maximum Gasteiger partial charge on any atom is 0.127 e. The number of hydrogen-bond donors (Lipinski definition) is 0. The number of aryl methyl sites for hydroxylation is 2. The van der Waals surface area contributed by atoms with Crippen LogP contribution in [0.2, 0.25) is 0 Å². The molecular formula is C63H46N2O. The van der Waals surface area contributed by atoms with Crippen molar-refractivity contribution in [3.63, 3.8) is 0 Å². The summed E-state index contributed by atoms with van der Waals surface area (Å²) in [7, 11) is 0. The van der Waals surface area contributed by atoms with Gasteiger partial charge in [0.25, 0.3) is 0 Å². The molecule has 1 atom stereocenters. The molecule has 0 spiro atoms. The lowest BCUT2D eigenvalue weighted by Gasteiger charge is -2.34. The van der Waals surface area contributed by atoms with E-state index < -0.39 is 5.41 Å². The molecule has 7 aromatic carbocycles. The van der Waals surface area contributed by atoms with Crippen LogP contribution in [0.15, 0.2) is 205 Å². The van der Waals surface area contributed by atoms with Gasteiger partial charge >= 0.3 is 0 Å². The number of nitrogens with zero attached hydrogens (tertiary/aromatic N) is 2. The summed E-state index contributed by atoms with van der Waals surface area (Å²) in [6.07, 6.45) is 24.7. The summed E-state index contributed by atoms with van der Waals surface area (Å²) in [5, 5.41) is 2.70. The summed E-state index contributed by atoms with van der Waals surface area (Å²) in [4.78, 5) is 0. The van der Waals surface area contributed by atoms with Crippen LogP contribution in [-0.4, -0.2) is 9.13 Å². The van der Waals surface area contributed by atoms with Gasteiger partial charge in [0.05, 0.1) is 16.4 Å². The summed E-state index contributed by atoms with van der Waals surface area (Å²) in [5.41, 5.74) is 19.7. The van der Waals surface area contributed by atoms with Gasteiger partial charge in [-0.1, -0.05) is 139 Å². The van der Waals surface area contributed by atoms with Gasteiger partial charge in [-0.3, -0.25) is 0 Å². The predicted octanol–water partition coefficient (Wildman–Crippen LogP) is 15.3. The highest BCUT2D eigenvalue weighted by Gasteiger charge is 2.46. The van der Waals surface area contributed by atoms with Crippen LogP contribution in [0.5, 0.6) is 11.5 Å². The van der Waals surface area contributed by atoms with E-state index in [1.165, 1.54) is 89.0 Å². The van der Waals surface area contributed by atoms with Gasteiger partial charge in [0.2, 0.25) is 0 Å². The first-order chi connectivity index (χ1) is 32.7. The molecule has 2 aromatic heterocycles. The van der Waals surface area contributed by atoms with E-state index >= 15 is 0 Å². The molecule has 3 nitrogen and oxygen atoms in total. The van der Waals surface area contributed by atoms with Crippen LogP contribution in [0, 0.1) is 12.1 Å². The van der Waals surface area contributed by atoms with Gasteiger partial charge in [0, 0.05) is 39.1 Å². The zero-order valence-electron chi connectivity index (χ0n) is 36.7. The zero-order valence-corrected chi connectivity index (χ0v) is 36.7. The van der Waals surface area contributed by atoms with Crippen molar-refractivity contribution in [2.45, 2.75) is 43.9 Å². The van der Waals surface area contributed by atoms with Crippen LogP contribution in [-0.2, 0) is 24.7 Å². The van der Waals surface area contributed by atoms with E-state index in [2.05, 4.69) is 222 Å². The summed E-state index contributed by atoms with van der Waals surface area (Å²) < 4.78 is 11.4. The van der Waals surface area contributed by atoms with Gasteiger partial charge in [0.15, 0.2) is 0 Å². The molecule has 3 heteroatoms. The number of fused-ring (bicyclic) bond motifs is 9. The minimum Gasteiger partial charge on any atom is -0.457 e. The van der Waals surface area contributed by atoms with Crippen molar-refractivity contribution in [2.75, 3.05) is 0 Å². The Morgan fingerprint density at radius 2 is 1.15 bits per heavy atom. The van der Waals surface area contributed by atoms with E-state index in [0.717, 1.165) is 61.3 Å². The molecule has 2 heterocycles. The number of allylic oxidation sites excluding steroid dienone is 8. The number of hydrogen-bond acceptors (Lipinski definition) is 1. The van der Waals surface area contributed by atoms with E-state index in [9.17, 15) is 0 Å². The van der Waals surface area contributed by atoms with Gasteiger partial charge in [-0.2, -0.15) is 0 Å². The first kappa shape index (κ1) is 38.4. The summed E-state index contributed by atoms with van der Waals surface area (Å²) >= 11 is 0. The third-order valence-corrected chi connectivity index (χ3v) is 14.4. The molecule has 1 unspecified atom stereocenters. The Balaban J connectivity index is 0.818. The highest BCUT2D eigenvalue weighted by molar-refractivity contribution is 5.92. The number of benzene rings is 6. The molecule has 314 valence electrons. The van der Waals surface area contributed by atoms with Gasteiger partial charge in [-0.05, 0) is 168 Å². The quantitative estimate of drug-likeness (QED) is 0.149. The Bertz CT molecular complexity index is 3480. The van der Waals surface area contributed by atoms with Gasteiger partial charge in [0.1, 0.15) is 11.5 Å². The average Bonchev–Trinajstić information content (AvgIpc) is 3.92. The second-order valence-corrected chi connectivity index (χ2v) is 18.0. The zero-order chi connectivity index (χ0) is 43.6. The van der Waals surface area contributed by atoms with Crippen LogP contribution >= 0.6 is 0 Å². The molecule has 0 saturated carbocycles. The standard InChI is InChI=1S/C63H46N2O/c1-7-22-57-51(16-1)52-17-2-8-23-58(52)63(57,46-32-38-49(39-33-46)66-50-40-36-48(37-41-50)65-61-26-11-5-20-55(61)56-21-6-12-27-62(56)65)45-15-13-14-43(28-31-45)42-44-29-34-47(35-30-44)64-59-24-9-3-18-53(59)54-19-4-10-25-60(54)64/h1,3,5,7-13,15-16,18,20,22-41H,4,6,14,19,21,42H2. The van der Waals surface area contributed by atoms with Crippen LogP contribution < -0.4 is 4.74 Å². The van der Waals surface area contributed by atoms with E-state index in [4.69, 9.17) is 4.74 Å². The van der Waals surface area contributed by atoms with Crippen molar-refractivity contribution >= 4 is 34.0 Å². The van der Waals surface area contributed by atoms with Gasteiger partial charge in [-0.25, -0.2) is 0 Å². The minimum absolute atomic E-state index is 0.554. The number of para-hydroxylation sites is 2. The molecule has 66 heavy (non-hydrogen) atoms. The summed E-state index contributed by atoms with van der Waals surface area (Å²) in [6, 6.07) is 64.0. The second-order valence-electron chi connectivity index (χ2n) is 18.0. The SMILES string of the molecule is c1ccc2c(c#1)-c1ccccc1C2(C1=CC=C(Cc2ccc(-n3c4c(c5ccccc53)CCC=C4)cc2)CC=C1)c1ccc(Oc2ccc(-n3c4c(c5ccccc53)CCC=C4)cc2)cc1. The fraction of sp³-hybridized carbons (Fsp3) is 0.111. The molecule has 0 bridgehead atoms. The van der Waals surface area contributed by atoms with Gasteiger partial charge < -0.3 is 13.9 Å². The van der Waals surface area contributed by atoms with E-state index in [0.29, 0.717) is 0 Å². The summed E-state index contributed by atoms with van der Waals surface area (Å²) in [6.45, 7) is 0. The van der Waals surface area contributed by atoms with Crippen molar-refractivity contribution in [1.29, 1.82) is 0 Å². The highest BCUT2D eigenvalue weighted by Crippen LogP contribution is 2.56. The molecule has 4 aliphatic carbocycles. The Labute approximate surface area is 386 Å². The lowest BCUT2D eigenvalue weighted by Crippen LogP contribution is -2.29. The largest absolute Gasteiger partial charge is 0.457 e. The maximum atomic E-state index is 6.57. The van der Waals surface area contributed by atoms with Crippen molar-refractivity contribution in [1.82, 2.24) is 9.13 Å². The highest BCUT2D eigenvalue weighted by atomic mass is 16.5. The molecule has 0 amide bonds. The Morgan fingerprint density at radius 3 is 1.83 bits per heavy atom. The van der Waals surface area contributed by atoms with Gasteiger partial charge in [-0.15, -0.1) is 0 Å². The minimum atomic E-state index is -0.554. The van der Waals surface area contributed by atoms with E-state index in [1.54, 1.807) is 0 Å². The molecular weight excluding hydrogens is 801 g/mol. The molecule has 0 fully saturated rings. The lowest BCUT2D eigenvalue weighted by molar-refractivity contribution is 0.482. The van der Waals surface area contributed by atoms with Crippen LogP contribution in [0.25, 0.3) is 56.5 Å². The molecule has 0 saturated heterocycles. The molecule has 0 aliphatic heterocycles. The first-order valence-electron chi connectivity index (χ1n) is 23.4. The molecule has 4 aliphatic rings. The molecule has 0 radical (unpaired) electrons. The van der Waals surface area contributed by atoms with Crippen molar-refractivity contribution < 1.29 is 4.74 Å². The second kappa shape index (κ2) is 15.6. The third-order valence-electron chi connectivity index (χ3n) is 14.4. The molecule has 13 rings (SSSR count). The summed E-state index contributed by atoms with van der Waals surface area (Å²) in [5.74, 6) is 1.60.